The second-order valence-corrected chi connectivity index (χ2v) is 5.86. The monoisotopic (exact) mass is 321 g/mol. The zero-order valence-corrected chi connectivity index (χ0v) is 12.7. The van der Waals surface area contributed by atoms with E-state index in [4.69, 9.17) is 0 Å². The first-order valence-corrected chi connectivity index (χ1v) is 7.74. The van der Waals surface area contributed by atoms with Crippen LogP contribution in [0.1, 0.15) is 34.1 Å². The number of fused-ring (bicyclic) bond motifs is 2. The lowest BCUT2D eigenvalue weighted by molar-refractivity contribution is 0.0932. The van der Waals surface area contributed by atoms with Crippen LogP contribution in [0.2, 0.25) is 0 Å². The molecule has 24 heavy (non-hydrogen) atoms. The Balaban J connectivity index is 1.69. The Morgan fingerprint density at radius 2 is 1.96 bits per heavy atom. The van der Waals surface area contributed by atoms with E-state index < -0.39 is 0 Å². The molecule has 0 spiro atoms. The number of phenols is 1. The molecule has 3 N–H and O–H groups in total. The van der Waals surface area contributed by atoms with Crippen LogP contribution in [0, 0.1) is 0 Å². The zero-order chi connectivity index (χ0) is 16.7. The number of aromatic hydroxyl groups is 1. The quantitative estimate of drug-likeness (QED) is 0.673. The lowest BCUT2D eigenvalue weighted by Gasteiger charge is -2.14. The van der Waals surface area contributed by atoms with Crippen molar-refractivity contribution in [3.63, 3.8) is 0 Å². The Morgan fingerprint density at radius 3 is 2.79 bits per heavy atom. The average Bonchev–Trinajstić information content (AvgIpc) is 3.00. The number of phenolic OH excluding ortho intramolecular Hbond substituents is 1. The second kappa shape index (κ2) is 5.49. The summed E-state index contributed by atoms with van der Waals surface area (Å²) in [4.78, 5) is 24.5. The van der Waals surface area contributed by atoms with Crippen molar-refractivity contribution in [1.29, 1.82) is 0 Å². The molecule has 1 heterocycles. The number of hydrogen-bond acceptors (Lipinski definition) is 4. The van der Waals surface area contributed by atoms with Gasteiger partial charge in [0, 0.05) is 5.39 Å². The van der Waals surface area contributed by atoms with E-state index in [-0.39, 0.29) is 29.0 Å². The Bertz CT molecular complexity index is 1010. The summed E-state index contributed by atoms with van der Waals surface area (Å²) in [5, 5.41) is 20.1. The number of H-pyrrole nitrogens is 1. The van der Waals surface area contributed by atoms with Gasteiger partial charge >= 0.3 is 0 Å². The molecule has 0 aliphatic heterocycles. The fraction of sp³-hybridized carbons (Fsp3) is 0.167. The Labute approximate surface area is 137 Å². The van der Waals surface area contributed by atoms with E-state index in [2.05, 4.69) is 15.5 Å². The SMILES string of the molecule is O=C(N[C@H]1CCc2c(O)cccc21)c1n[nH]c(=O)c2ccccc12. The summed E-state index contributed by atoms with van der Waals surface area (Å²) in [6.07, 6.45) is 1.44. The van der Waals surface area contributed by atoms with Gasteiger partial charge in [-0.25, -0.2) is 5.10 Å². The molecule has 6 nitrogen and oxygen atoms in total. The molecule has 4 rings (SSSR count). The topological polar surface area (TPSA) is 95.1 Å². The molecule has 1 amide bonds. The van der Waals surface area contributed by atoms with Crippen molar-refractivity contribution in [3.05, 3.63) is 69.6 Å². The second-order valence-electron chi connectivity index (χ2n) is 5.86. The first-order chi connectivity index (χ1) is 11.6. The summed E-state index contributed by atoms with van der Waals surface area (Å²) in [6, 6.07) is 12.0. The Morgan fingerprint density at radius 1 is 1.17 bits per heavy atom. The third-order valence-corrected chi connectivity index (χ3v) is 4.46. The molecule has 0 radical (unpaired) electrons. The van der Waals surface area contributed by atoms with Crippen molar-refractivity contribution < 1.29 is 9.90 Å². The maximum Gasteiger partial charge on any atom is 0.272 e. The maximum absolute atomic E-state index is 12.7. The van der Waals surface area contributed by atoms with Crippen molar-refractivity contribution in [1.82, 2.24) is 15.5 Å². The summed E-state index contributed by atoms with van der Waals surface area (Å²) in [6.45, 7) is 0. The lowest BCUT2D eigenvalue weighted by Crippen LogP contribution is -2.29. The van der Waals surface area contributed by atoms with Gasteiger partial charge in [0.1, 0.15) is 5.75 Å². The third-order valence-electron chi connectivity index (χ3n) is 4.46. The molecule has 1 atom stereocenters. The van der Waals surface area contributed by atoms with E-state index >= 15 is 0 Å². The molecule has 3 aromatic rings. The van der Waals surface area contributed by atoms with Gasteiger partial charge in [0.2, 0.25) is 0 Å². The van der Waals surface area contributed by atoms with Gasteiger partial charge in [0.05, 0.1) is 11.4 Å². The lowest BCUT2D eigenvalue weighted by atomic mass is 10.1. The number of amides is 1. The highest BCUT2D eigenvalue weighted by Gasteiger charge is 2.27. The number of hydrogen-bond donors (Lipinski definition) is 3. The van der Waals surface area contributed by atoms with Crippen LogP contribution >= 0.6 is 0 Å². The highest BCUT2D eigenvalue weighted by atomic mass is 16.3. The van der Waals surface area contributed by atoms with Crippen LogP contribution < -0.4 is 10.9 Å². The number of rotatable bonds is 2. The van der Waals surface area contributed by atoms with Gasteiger partial charge in [-0.05, 0) is 36.1 Å². The summed E-state index contributed by atoms with van der Waals surface area (Å²) in [5.74, 6) is -0.0829. The van der Waals surface area contributed by atoms with Crippen LogP contribution in [0.3, 0.4) is 0 Å². The third kappa shape index (κ3) is 2.23. The molecule has 1 aliphatic carbocycles. The summed E-state index contributed by atoms with van der Waals surface area (Å²) >= 11 is 0. The van der Waals surface area contributed by atoms with E-state index in [0.717, 1.165) is 17.5 Å². The number of benzene rings is 2. The van der Waals surface area contributed by atoms with Crippen molar-refractivity contribution in [2.75, 3.05) is 0 Å². The van der Waals surface area contributed by atoms with Crippen molar-refractivity contribution >= 4 is 16.7 Å². The van der Waals surface area contributed by atoms with Crippen molar-refractivity contribution in [2.45, 2.75) is 18.9 Å². The molecule has 0 saturated carbocycles. The first-order valence-electron chi connectivity index (χ1n) is 7.74. The Kier molecular flexibility index (Phi) is 3.30. The molecule has 1 aromatic heterocycles. The number of aromatic nitrogens is 2. The highest BCUT2D eigenvalue weighted by Crippen LogP contribution is 2.36. The molecule has 2 aromatic carbocycles. The van der Waals surface area contributed by atoms with Gasteiger partial charge in [0.25, 0.3) is 11.5 Å². The number of carbonyl (C=O) groups is 1. The van der Waals surface area contributed by atoms with Gasteiger partial charge in [-0.2, -0.15) is 5.10 Å². The molecular formula is C18H15N3O3. The average molecular weight is 321 g/mol. The Hall–Kier alpha value is -3.15. The van der Waals surface area contributed by atoms with E-state index in [1.54, 1.807) is 36.4 Å². The fourth-order valence-corrected chi connectivity index (χ4v) is 3.30. The number of carbonyl (C=O) groups excluding carboxylic acids is 1. The van der Waals surface area contributed by atoms with Gasteiger partial charge in [-0.1, -0.05) is 30.3 Å². The first kappa shape index (κ1) is 14.4. The molecule has 120 valence electrons. The van der Waals surface area contributed by atoms with Crippen LogP contribution in [0.15, 0.2) is 47.3 Å². The van der Waals surface area contributed by atoms with Gasteiger partial charge in [0.15, 0.2) is 5.69 Å². The number of nitrogens with zero attached hydrogens (tertiary/aromatic N) is 1. The zero-order valence-electron chi connectivity index (χ0n) is 12.7. The molecule has 0 bridgehead atoms. The standard InChI is InChI=1S/C18H15N3O3/c22-15-7-3-6-10-11(15)8-9-14(10)19-18(24)16-12-4-1-2-5-13(12)17(23)21-20-16/h1-7,14,22H,8-9H2,(H,19,24)(H,21,23)/t14-/m0/s1. The molecule has 6 heteroatoms. The molecule has 0 unspecified atom stereocenters. The van der Waals surface area contributed by atoms with Crippen LogP contribution in [-0.2, 0) is 6.42 Å². The molecule has 1 aliphatic rings. The number of nitrogens with one attached hydrogen (secondary N) is 2. The summed E-state index contributed by atoms with van der Waals surface area (Å²) in [7, 11) is 0. The van der Waals surface area contributed by atoms with Crippen LogP contribution in [0.25, 0.3) is 10.8 Å². The van der Waals surface area contributed by atoms with E-state index in [0.29, 0.717) is 17.2 Å². The van der Waals surface area contributed by atoms with Gasteiger partial charge in [-0.3, -0.25) is 9.59 Å². The normalized spacial score (nSPS) is 16.1. The van der Waals surface area contributed by atoms with Crippen LogP contribution in [0.4, 0.5) is 0 Å². The van der Waals surface area contributed by atoms with Crippen molar-refractivity contribution in [2.24, 2.45) is 0 Å². The minimum Gasteiger partial charge on any atom is -0.508 e. The molecule has 0 saturated heterocycles. The molecule has 0 fully saturated rings. The largest absolute Gasteiger partial charge is 0.508 e. The minimum atomic E-state index is -0.344. The predicted molar refractivity (Wildman–Crippen MR) is 89.0 cm³/mol. The van der Waals surface area contributed by atoms with E-state index in [1.165, 1.54) is 0 Å². The van der Waals surface area contributed by atoms with Crippen LogP contribution in [-0.4, -0.2) is 21.2 Å². The van der Waals surface area contributed by atoms with E-state index in [1.807, 2.05) is 6.07 Å². The fourth-order valence-electron chi connectivity index (χ4n) is 3.30. The maximum atomic E-state index is 12.7. The number of aromatic amines is 1. The van der Waals surface area contributed by atoms with E-state index in [9.17, 15) is 14.7 Å². The van der Waals surface area contributed by atoms with Gasteiger partial charge < -0.3 is 10.4 Å². The predicted octanol–water partition coefficient (Wildman–Crippen LogP) is 2.05. The highest BCUT2D eigenvalue weighted by molar-refractivity contribution is 6.04. The van der Waals surface area contributed by atoms with Crippen molar-refractivity contribution in [3.8, 4) is 5.75 Å². The summed E-state index contributed by atoms with van der Waals surface area (Å²) < 4.78 is 0. The molecular weight excluding hydrogens is 306 g/mol. The van der Waals surface area contributed by atoms with Gasteiger partial charge in [-0.15, -0.1) is 0 Å². The smallest absolute Gasteiger partial charge is 0.272 e. The summed E-state index contributed by atoms with van der Waals surface area (Å²) in [5.41, 5.74) is 1.68. The van der Waals surface area contributed by atoms with Crippen LogP contribution in [0.5, 0.6) is 5.75 Å². The minimum absolute atomic E-state index is 0.174.